The number of halogens is 1. The highest BCUT2D eigenvalue weighted by Crippen LogP contribution is 2.23. The topological polar surface area (TPSA) is 67.4 Å². The molecular weight excluding hydrogens is 344 g/mol. The molecule has 0 unspecified atom stereocenters. The third-order valence-corrected chi connectivity index (χ3v) is 5.28. The van der Waals surface area contributed by atoms with Gasteiger partial charge in [-0.05, 0) is 37.1 Å². The molecule has 0 spiro atoms. The van der Waals surface area contributed by atoms with Crippen LogP contribution in [0.4, 0.5) is 0 Å². The molecule has 0 radical (unpaired) electrons. The van der Waals surface area contributed by atoms with Gasteiger partial charge in [0.05, 0.1) is 11.5 Å². The third-order valence-electron chi connectivity index (χ3n) is 2.82. The van der Waals surface area contributed by atoms with Gasteiger partial charge in [0, 0.05) is 31.2 Å². The van der Waals surface area contributed by atoms with E-state index in [0.29, 0.717) is 31.1 Å². The summed E-state index contributed by atoms with van der Waals surface area (Å²) in [7, 11) is -1.84. The zero-order chi connectivity index (χ0) is 15.2. The first-order valence-electron chi connectivity index (χ1n) is 6.34. The molecule has 0 saturated heterocycles. The van der Waals surface area contributed by atoms with Gasteiger partial charge in [0.25, 0.3) is 0 Å². The highest BCUT2D eigenvalue weighted by atomic mass is 79.9. The predicted octanol–water partition coefficient (Wildman–Crippen LogP) is 1.58. The van der Waals surface area contributed by atoms with Crippen molar-refractivity contribution in [1.29, 1.82) is 0 Å². The normalized spacial score (nSPS) is 11.8. The summed E-state index contributed by atoms with van der Waals surface area (Å²) in [5.74, 6) is 0. The molecule has 0 aliphatic carbocycles. The fraction of sp³-hybridized carbons (Fsp3) is 0.538. The molecule has 0 fully saturated rings. The van der Waals surface area contributed by atoms with E-state index in [1.54, 1.807) is 20.1 Å². The number of ether oxygens (including phenoxy) is 1. The Bertz CT molecular complexity index is 547. The monoisotopic (exact) mass is 364 g/mol. The standard InChI is InChI=1S/C13H21BrN2O3S/c1-10-9-13(11(2)8-12(10)14)20(17,18)16-5-4-15-6-7-19-3/h8-9,15-16H,4-7H2,1-3H3. The molecular formula is C13H21BrN2O3S. The highest BCUT2D eigenvalue weighted by molar-refractivity contribution is 9.10. The molecule has 0 saturated carbocycles. The number of sulfonamides is 1. The Balaban J connectivity index is 2.63. The van der Waals surface area contributed by atoms with Gasteiger partial charge in [0.1, 0.15) is 0 Å². The summed E-state index contributed by atoms with van der Waals surface area (Å²) >= 11 is 3.40. The van der Waals surface area contributed by atoms with Crippen LogP contribution in [0.1, 0.15) is 11.1 Å². The maximum absolute atomic E-state index is 12.2. The SMILES string of the molecule is COCCNCCNS(=O)(=O)c1cc(C)c(Br)cc1C. The number of rotatable bonds is 8. The largest absolute Gasteiger partial charge is 0.383 e. The van der Waals surface area contributed by atoms with E-state index in [9.17, 15) is 8.42 Å². The van der Waals surface area contributed by atoms with Gasteiger partial charge in [0.2, 0.25) is 10.0 Å². The molecule has 0 atom stereocenters. The van der Waals surface area contributed by atoms with Gasteiger partial charge in [-0.3, -0.25) is 0 Å². The predicted molar refractivity (Wildman–Crippen MR) is 83.6 cm³/mol. The van der Waals surface area contributed by atoms with Crippen LogP contribution in [0.25, 0.3) is 0 Å². The number of methoxy groups -OCH3 is 1. The van der Waals surface area contributed by atoms with Crippen LogP contribution in [0.3, 0.4) is 0 Å². The molecule has 0 aromatic heterocycles. The van der Waals surface area contributed by atoms with Crippen molar-refractivity contribution in [1.82, 2.24) is 10.0 Å². The fourth-order valence-corrected chi connectivity index (χ4v) is 3.49. The number of hydrogen-bond donors (Lipinski definition) is 2. The first-order chi connectivity index (χ1) is 9.38. The van der Waals surface area contributed by atoms with Crippen LogP contribution in [0, 0.1) is 13.8 Å². The molecule has 0 aliphatic rings. The van der Waals surface area contributed by atoms with Crippen LogP contribution in [0.2, 0.25) is 0 Å². The van der Waals surface area contributed by atoms with Crippen LogP contribution >= 0.6 is 15.9 Å². The Hall–Kier alpha value is -0.470. The lowest BCUT2D eigenvalue weighted by Crippen LogP contribution is -2.33. The number of nitrogens with one attached hydrogen (secondary N) is 2. The summed E-state index contributed by atoms with van der Waals surface area (Å²) < 4.78 is 32.9. The van der Waals surface area contributed by atoms with Crippen molar-refractivity contribution in [3.8, 4) is 0 Å². The molecule has 1 aromatic carbocycles. The minimum absolute atomic E-state index is 0.329. The summed E-state index contributed by atoms with van der Waals surface area (Å²) in [6, 6.07) is 3.50. The molecule has 5 nitrogen and oxygen atoms in total. The van der Waals surface area contributed by atoms with Gasteiger partial charge in [-0.1, -0.05) is 15.9 Å². The van der Waals surface area contributed by atoms with E-state index in [4.69, 9.17) is 4.74 Å². The molecule has 1 rings (SSSR count). The zero-order valence-corrected chi connectivity index (χ0v) is 14.4. The number of aryl methyl sites for hydroxylation is 2. The first kappa shape index (κ1) is 17.6. The summed E-state index contributed by atoms with van der Waals surface area (Å²) in [6.07, 6.45) is 0. The van der Waals surface area contributed by atoms with Crippen molar-refractivity contribution in [3.63, 3.8) is 0 Å². The van der Waals surface area contributed by atoms with Gasteiger partial charge in [0.15, 0.2) is 0 Å². The van der Waals surface area contributed by atoms with Gasteiger partial charge >= 0.3 is 0 Å². The van der Waals surface area contributed by atoms with E-state index >= 15 is 0 Å². The Kier molecular flexibility index (Phi) is 7.11. The minimum atomic E-state index is -3.47. The van der Waals surface area contributed by atoms with E-state index in [2.05, 4.69) is 26.0 Å². The van der Waals surface area contributed by atoms with Gasteiger partial charge in [-0.15, -0.1) is 0 Å². The summed E-state index contributed by atoms with van der Waals surface area (Å²) in [6.45, 7) is 5.88. The number of benzene rings is 1. The fourth-order valence-electron chi connectivity index (χ4n) is 1.69. The molecule has 114 valence electrons. The quantitative estimate of drug-likeness (QED) is 0.687. The van der Waals surface area contributed by atoms with E-state index in [-0.39, 0.29) is 0 Å². The van der Waals surface area contributed by atoms with Crippen molar-refractivity contribution in [2.24, 2.45) is 0 Å². The van der Waals surface area contributed by atoms with Crippen LogP contribution < -0.4 is 10.0 Å². The van der Waals surface area contributed by atoms with E-state index in [1.165, 1.54) is 0 Å². The molecule has 0 aliphatic heterocycles. The van der Waals surface area contributed by atoms with Crippen molar-refractivity contribution in [2.75, 3.05) is 33.4 Å². The Morgan fingerprint density at radius 1 is 1.15 bits per heavy atom. The van der Waals surface area contributed by atoms with E-state index < -0.39 is 10.0 Å². The lowest BCUT2D eigenvalue weighted by Gasteiger charge is -2.11. The number of hydrogen-bond acceptors (Lipinski definition) is 4. The molecule has 0 bridgehead atoms. The average molecular weight is 365 g/mol. The van der Waals surface area contributed by atoms with Crippen LogP contribution in [0.5, 0.6) is 0 Å². The maximum Gasteiger partial charge on any atom is 0.240 e. The molecule has 1 aromatic rings. The van der Waals surface area contributed by atoms with E-state index in [1.807, 2.05) is 13.0 Å². The first-order valence-corrected chi connectivity index (χ1v) is 8.62. The average Bonchev–Trinajstić information content (AvgIpc) is 2.37. The second kappa shape index (κ2) is 8.09. The van der Waals surface area contributed by atoms with Crippen LogP contribution in [-0.4, -0.2) is 41.8 Å². The Morgan fingerprint density at radius 2 is 1.85 bits per heavy atom. The zero-order valence-electron chi connectivity index (χ0n) is 12.0. The lowest BCUT2D eigenvalue weighted by atomic mass is 10.2. The van der Waals surface area contributed by atoms with Crippen molar-refractivity contribution in [3.05, 3.63) is 27.7 Å². The third kappa shape index (κ3) is 5.14. The lowest BCUT2D eigenvalue weighted by molar-refractivity contribution is 0.199. The van der Waals surface area contributed by atoms with Gasteiger partial charge in [-0.2, -0.15) is 0 Å². The van der Waals surface area contributed by atoms with Crippen molar-refractivity contribution >= 4 is 26.0 Å². The van der Waals surface area contributed by atoms with E-state index in [0.717, 1.165) is 15.6 Å². The Morgan fingerprint density at radius 3 is 2.50 bits per heavy atom. The molecule has 20 heavy (non-hydrogen) atoms. The molecule has 2 N–H and O–H groups in total. The molecule has 0 amide bonds. The van der Waals surface area contributed by atoms with Gasteiger partial charge < -0.3 is 10.1 Å². The summed E-state index contributed by atoms with van der Waals surface area (Å²) in [5.41, 5.74) is 1.62. The van der Waals surface area contributed by atoms with Crippen molar-refractivity contribution < 1.29 is 13.2 Å². The summed E-state index contributed by atoms with van der Waals surface area (Å²) in [4.78, 5) is 0.329. The van der Waals surface area contributed by atoms with Crippen LogP contribution in [-0.2, 0) is 14.8 Å². The molecule has 7 heteroatoms. The van der Waals surface area contributed by atoms with Crippen molar-refractivity contribution in [2.45, 2.75) is 18.7 Å². The summed E-state index contributed by atoms with van der Waals surface area (Å²) in [5, 5.41) is 3.09. The van der Waals surface area contributed by atoms with Crippen LogP contribution in [0.15, 0.2) is 21.5 Å². The minimum Gasteiger partial charge on any atom is -0.383 e. The van der Waals surface area contributed by atoms with Gasteiger partial charge in [-0.25, -0.2) is 13.1 Å². The molecule has 0 heterocycles. The second-order valence-corrected chi connectivity index (χ2v) is 7.10. The second-order valence-electron chi connectivity index (χ2n) is 4.51. The smallest absolute Gasteiger partial charge is 0.240 e. The maximum atomic E-state index is 12.2. The Labute approximate surface area is 129 Å². The highest BCUT2D eigenvalue weighted by Gasteiger charge is 2.17.